The van der Waals surface area contributed by atoms with Crippen LogP contribution < -0.4 is 4.74 Å². The number of carbonyl (C=O) groups excluding carboxylic acids is 2. The monoisotopic (exact) mass is 451 g/mol. The van der Waals surface area contributed by atoms with E-state index in [4.69, 9.17) is 14.5 Å². The highest BCUT2D eigenvalue weighted by atomic mass is 16.5. The highest BCUT2D eigenvalue weighted by molar-refractivity contribution is 6.07. The maximum Gasteiger partial charge on any atom is 0.339 e. The molecule has 0 radical (unpaired) electrons. The summed E-state index contributed by atoms with van der Waals surface area (Å²) in [6.45, 7) is -0.354. The minimum Gasteiger partial charge on any atom is -0.496 e. The van der Waals surface area contributed by atoms with Gasteiger partial charge in [-0.05, 0) is 54.5 Å². The zero-order valence-electron chi connectivity index (χ0n) is 19.0. The van der Waals surface area contributed by atoms with Crippen molar-refractivity contribution in [3.63, 3.8) is 0 Å². The number of ketones is 1. The van der Waals surface area contributed by atoms with Gasteiger partial charge in [0.1, 0.15) is 5.75 Å². The molecule has 1 aromatic heterocycles. The van der Waals surface area contributed by atoms with Gasteiger partial charge in [0.15, 0.2) is 6.61 Å². The summed E-state index contributed by atoms with van der Waals surface area (Å²) in [5.41, 5.74) is 4.80. The van der Waals surface area contributed by atoms with E-state index in [-0.39, 0.29) is 12.4 Å². The molecular weight excluding hydrogens is 426 g/mol. The molecule has 34 heavy (non-hydrogen) atoms. The zero-order chi connectivity index (χ0) is 23.5. The van der Waals surface area contributed by atoms with E-state index in [1.54, 1.807) is 24.3 Å². The smallest absolute Gasteiger partial charge is 0.339 e. The number of nitrogens with zero attached hydrogens (tertiary/aromatic N) is 1. The largest absolute Gasteiger partial charge is 0.496 e. The zero-order valence-corrected chi connectivity index (χ0v) is 19.0. The molecule has 0 amide bonds. The summed E-state index contributed by atoms with van der Waals surface area (Å²) < 4.78 is 10.9. The van der Waals surface area contributed by atoms with Gasteiger partial charge in [0.2, 0.25) is 5.78 Å². The molecule has 3 aromatic carbocycles. The summed E-state index contributed by atoms with van der Waals surface area (Å²) in [6.07, 6.45) is 2.48. The third kappa shape index (κ3) is 4.17. The van der Waals surface area contributed by atoms with Gasteiger partial charge in [-0.25, -0.2) is 4.79 Å². The number of aromatic nitrogens is 1. The van der Waals surface area contributed by atoms with Crippen LogP contribution >= 0.6 is 0 Å². The quantitative estimate of drug-likeness (QED) is 0.284. The van der Waals surface area contributed by atoms with Crippen molar-refractivity contribution in [2.24, 2.45) is 0 Å². The molecule has 5 rings (SSSR count). The van der Waals surface area contributed by atoms with Gasteiger partial charge in [0, 0.05) is 11.1 Å². The maximum atomic E-state index is 13.4. The first-order valence-corrected chi connectivity index (χ1v) is 11.4. The molecule has 170 valence electrons. The van der Waals surface area contributed by atoms with Gasteiger partial charge in [-0.2, -0.15) is 0 Å². The standard InChI is InChI=1S/C29H25NO4/c1-33-27-14-8-6-12-22(27)26(31)18-34-29(32)28-21-11-5-7-13-24(21)30-25-16-15-20(17-23(25)28)19-9-3-2-4-10-19/h2-14,20H,15-18H2,1H3. The second kappa shape index (κ2) is 9.48. The summed E-state index contributed by atoms with van der Waals surface area (Å²) in [7, 11) is 1.51. The molecule has 4 aromatic rings. The van der Waals surface area contributed by atoms with Gasteiger partial charge < -0.3 is 9.47 Å². The van der Waals surface area contributed by atoms with Gasteiger partial charge in [0.05, 0.1) is 23.8 Å². The number of benzene rings is 3. The van der Waals surface area contributed by atoms with Crippen LogP contribution in [0.5, 0.6) is 5.75 Å². The number of esters is 1. The van der Waals surface area contributed by atoms with Crippen LogP contribution in [0.4, 0.5) is 0 Å². The number of carbonyl (C=O) groups is 2. The summed E-state index contributed by atoms with van der Waals surface area (Å²) in [5, 5.41) is 0.754. The maximum absolute atomic E-state index is 13.4. The predicted octanol–water partition coefficient (Wildman–Crippen LogP) is 5.56. The van der Waals surface area contributed by atoms with Crippen LogP contribution in [0, 0.1) is 0 Å². The van der Waals surface area contributed by atoms with E-state index in [0.29, 0.717) is 29.2 Å². The van der Waals surface area contributed by atoms with Crippen LogP contribution in [0.15, 0.2) is 78.9 Å². The normalized spacial score (nSPS) is 14.9. The minimum atomic E-state index is -0.494. The number of hydrogen-bond acceptors (Lipinski definition) is 5. The number of aryl methyl sites for hydroxylation is 1. The van der Waals surface area contributed by atoms with Gasteiger partial charge in [-0.1, -0.05) is 60.7 Å². The molecule has 5 heteroatoms. The van der Waals surface area contributed by atoms with Crippen molar-refractivity contribution in [1.29, 1.82) is 0 Å². The molecule has 0 spiro atoms. The number of para-hydroxylation sites is 2. The van der Waals surface area contributed by atoms with Crippen molar-refractivity contribution in [3.05, 3.63) is 107 Å². The number of fused-ring (bicyclic) bond motifs is 2. The molecule has 1 heterocycles. The Kier molecular flexibility index (Phi) is 6.09. The fourth-order valence-corrected chi connectivity index (χ4v) is 4.79. The van der Waals surface area contributed by atoms with Crippen LogP contribution in [0.2, 0.25) is 0 Å². The SMILES string of the molecule is COc1ccccc1C(=O)COC(=O)c1c2c(nc3ccccc13)CCC(c1ccccc1)C2. The van der Waals surface area contributed by atoms with Gasteiger partial charge >= 0.3 is 5.97 Å². The van der Waals surface area contributed by atoms with Crippen molar-refractivity contribution < 1.29 is 19.1 Å². The lowest BCUT2D eigenvalue weighted by Crippen LogP contribution is -2.21. The molecule has 0 saturated carbocycles. The molecule has 0 N–H and O–H groups in total. The summed E-state index contributed by atoms with van der Waals surface area (Å²) in [6, 6.07) is 24.9. The van der Waals surface area contributed by atoms with Gasteiger partial charge in [-0.3, -0.25) is 9.78 Å². The van der Waals surface area contributed by atoms with E-state index < -0.39 is 5.97 Å². The number of pyridine rings is 1. The first kappa shape index (κ1) is 21.8. The van der Waals surface area contributed by atoms with E-state index in [9.17, 15) is 9.59 Å². The first-order valence-electron chi connectivity index (χ1n) is 11.4. The third-order valence-corrected chi connectivity index (χ3v) is 6.48. The van der Waals surface area contributed by atoms with Crippen LogP contribution in [0.25, 0.3) is 10.9 Å². The highest BCUT2D eigenvalue weighted by Crippen LogP contribution is 2.36. The topological polar surface area (TPSA) is 65.5 Å². The number of Topliss-reactive ketones (excluding diaryl/α,β-unsaturated/α-hetero) is 1. The Labute approximate surface area is 198 Å². The molecule has 1 aliphatic rings. The number of ether oxygens (including phenoxy) is 2. The van der Waals surface area contributed by atoms with E-state index in [1.165, 1.54) is 12.7 Å². The summed E-state index contributed by atoms with van der Waals surface area (Å²) >= 11 is 0. The molecule has 1 atom stereocenters. The van der Waals surface area contributed by atoms with Gasteiger partial charge in [-0.15, -0.1) is 0 Å². The van der Waals surface area contributed by atoms with Crippen molar-refractivity contribution in [3.8, 4) is 5.75 Å². The average molecular weight is 452 g/mol. The van der Waals surface area contributed by atoms with E-state index in [2.05, 4.69) is 12.1 Å². The first-order chi connectivity index (χ1) is 16.7. The lowest BCUT2D eigenvalue weighted by atomic mass is 9.80. The second-order valence-electron chi connectivity index (χ2n) is 8.48. The second-order valence-corrected chi connectivity index (χ2v) is 8.48. The molecule has 0 bridgehead atoms. The lowest BCUT2D eigenvalue weighted by molar-refractivity contribution is 0.0474. The Morgan fingerprint density at radius 2 is 1.68 bits per heavy atom. The van der Waals surface area contributed by atoms with Crippen LogP contribution in [0.3, 0.4) is 0 Å². The molecular formula is C29H25NO4. The molecule has 0 fully saturated rings. The fraction of sp³-hybridized carbons (Fsp3) is 0.207. The van der Waals surface area contributed by atoms with E-state index in [0.717, 1.165) is 35.0 Å². The van der Waals surface area contributed by atoms with Gasteiger partial charge in [0.25, 0.3) is 0 Å². The Bertz CT molecular complexity index is 1360. The number of hydrogen-bond donors (Lipinski definition) is 0. The summed E-state index contributed by atoms with van der Waals surface area (Å²) in [4.78, 5) is 31.1. The molecule has 1 aliphatic carbocycles. The molecule has 0 saturated heterocycles. The number of methoxy groups -OCH3 is 1. The van der Waals surface area contributed by atoms with Crippen molar-refractivity contribution >= 4 is 22.7 Å². The van der Waals surface area contributed by atoms with E-state index in [1.807, 2.05) is 42.5 Å². The number of rotatable bonds is 6. The third-order valence-electron chi connectivity index (χ3n) is 6.48. The lowest BCUT2D eigenvalue weighted by Gasteiger charge is -2.27. The molecule has 0 aliphatic heterocycles. The minimum absolute atomic E-state index is 0.304. The highest BCUT2D eigenvalue weighted by Gasteiger charge is 2.29. The Hall–Kier alpha value is -3.99. The Morgan fingerprint density at radius 1 is 0.941 bits per heavy atom. The van der Waals surface area contributed by atoms with Crippen LogP contribution in [-0.2, 0) is 17.6 Å². The summed E-state index contributed by atoms with van der Waals surface area (Å²) in [5.74, 6) is -0.0357. The van der Waals surface area contributed by atoms with Crippen molar-refractivity contribution in [1.82, 2.24) is 4.98 Å². The van der Waals surface area contributed by atoms with Crippen molar-refractivity contribution in [2.45, 2.75) is 25.2 Å². The Morgan fingerprint density at radius 3 is 2.50 bits per heavy atom. The molecule has 1 unspecified atom stereocenters. The van der Waals surface area contributed by atoms with Crippen LogP contribution in [0.1, 0.15) is 49.9 Å². The molecule has 5 nitrogen and oxygen atoms in total. The predicted molar refractivity (Wildman–Crippen MR) is 131 cm³/mol. The van der Waals surface area contributed by atoms with Crippen LogP contribution in [-0.4, -0.2) is 30.5 Å². The van der Waals surface area contributed by atoms with Crippen molar-refractivity contribution in [2.75, 3.05) is 13.7 Å². The average Bonchev–Trinajstić information content (AvgIpc) is 2.90. The van der Waals surface area contributed by atoms with E-state index >= 15 is 0 Å². The fourth-order valence-electron chi connectivity index (χ4n) is 4.79. The Balaban J connectivity index is 1.47.